The fourth-order valence-electron chi connectivity index (χ4n) is 3.82. The summed E-state index contributed by atoms with van der Waals surface area (Å²) in [6.07, 6.45) is 1.48. The number of anilines is 1. The van der Waals surface area contributed by atoms with Gasteiger partial charge >= 0.3 is 0 Å². The Morgan fingerprint density at radius 2 is 2.04 bits per heavy atom. The Labute approximate surface area is 165 Å². The number of aryl methyl sites for hydroxylation is 1. The highest BCUT2D eigenvalue weighted by molar-refractivity contribution is 6.02. The van der Waals surface area contributed by atoms with Crippen LogP contribution < -0.4 is 5.32 Å². The van der Waals surface area contributed by atoms with Crippen LogP contribution in [0, 0.1) is 5.92 Å². The summed E-state index contributed by atoms with van der Waals surface area (Å²) in [5.41, 5.74) is 1.66. The number of rotatable bonds is 5. The molecule has 3 rings (SSSR count). The fourth-order valence-corrected chi connectivity index (χ4v) is 3.82. The molecule has 1 saturated carbocycles. The number of methoxy groups -OCH3 is 1. The number of amides is 1. The van der Waals surface area contributed by atoms with Gasteiger partial charge in [0.1, 0.15) is 11.5 Å². The molecule has 0 spiro atoms. The number of aliphatic hydroxyl groups is 1. The average Bonchev–Trinajstić information content (AvgIpc) is 3.26. The maximum absolute atomic E-state index is 12.9. The molecule has 1 amide bonds. The number of aliphatic hydroxyl groups excluding tert-OH is 1. The lowest BCUT2D eigenvalue weighted by atomic mass is 9.99. The number of nitrogens with one attached hydrogen (secondary N) is 1. The van der Waals surface area contributed by atoms with E-state index in [-0.39, 0.29) is 23.3 Å². The van der Waals surface area contributed by atoms with Crippen molar-refractivity contribution in [2.75, 3.05) is 12.4 Å². The van der Waals surface area contributed by atoms with Gasteiger partial charge in [0.25, 0.3) is 5.91 Å². The lowest BCUT2D eigenvalue weighted by Gasteiger charge is -2.22. The minimum absolute atomic E-state index is 0.000685. The SMILES string of the molecule is COCc1cc(C(=O)Nc2cc([C@@H]3CC[C@H](C)[C@@H]3O)nn2C(C)(C)C)n(C)n1. The maximum Gasteiger partial charge on any atom is 0.275 e. The minimum Gasteiger partial charge on any atom is -0.392 e. The van der Waals surface area contributed by atoms with Gasteiger partial charge in [0.15, 0.2) is 0 Å². The Kier molecular flexibility index (Phi) is 5.63. The van der Waals surface area contributed by atoms with Gasteiger partial charge in [0.05, 0.1) is 29.6 Å². The van der Waals surface area contributed by atoms with Crippen molar-refractivity contribution in [3.63, 3.8) is 0 Å². The van der Waals surface area contributed by atoms with E-state index >= 15 is 0 Å². The molecular formula is C20H31N5O3. The third-order valence-electron chi connectivity index (χ3n) is 5.37. The fraction of sp³-hybridized carbons (Fsp3) is 0.650. The van der Waals surface area contributed by atoms with E-state index in [9.17, 15) is 9.90 Å². The first-order valence-electron chi connectivity index (χ1n) is 9.73. The van der Waals surface area contributed by atoms with Crippen LogP contribution >= 0.6 is 0 Å². The molecule has 1 aliphatic carbocycles. The Bertz CT molecular complexity index is 849. The van der Waals surface area contributed by atoms with Gasteiger partial charge in [-0.2, -0.15) is 10.2 Å². The van der Waals surface area contributed by atoms with Crippen LogP contribution in [0.3, 0.4) is 0 Å². The topological polar surface area (TPSA) is 94.2 Å². The first-order chi connectivity index (χ1) is 13.1. The summed E-state index contributed by atoms with van der Waals surface area (Å²) < 4.78 is 8.46. The van der Waals surface area contributed by atoms with Gasteiger partial charge in [0, 0.05) is 26.1 Å². The largest absolute Gasteiger partial charge is 0.392 e. The summed E-state index contributed by atoms with van der Waals surface area (Å²) in [6, 6.07) is 3.61. The Morgan fingerprint density at radius 3 is 2.61 bits per heavy atom. The molecule has 8 nitrogen and oxygen atoms in total. The lowest BCUT2D eigenvalue weighted by Crippen LogP contribution is -2.27. The van der Waals surface area contributed by atoms with Gasteiger partial charge in [-0.1, -0.05) is 6.92 Å². The van der Waals surface area contributed by atoms with Crippen molar-refractivity contribution in [1.29, 1.82) is 0 Å². The van der Waals surface area contributed by atoms with Gasteiger partial charge < -0.3 is 15.2 Å². The average molecular weight is 390 g/mol. The highest BCUT2D eigenvalue weighted by Gasteiger charge is 2.36. The number of hydrogen-bond acceptors (Lipinski definition) is 5. The van der Waals surface area contributed by atoms with Crippen LogP contribution in [0.5, 0.6) is 0 Å². The summed E-state index contributed by atoms with van der Waals surface area (Å²) in [5, 5.41) is 22.5. The number of aromatic nitrogens is 4. The second-order valence-corrected chi connectivity index (χ2v) is 8.72. The molecule has 3 atom stereocenters. The summed E-state index contributed by atoms with van der Waals surface area (Å²) in [7, 11) is 3.33. The predicted molar refractivity (Wildman–Crippen MR) is 106 cm³/mol. The molecule has 2 heterocycles. The van der Waals surface area contributed by atoms with Crippen molar-refractivity contribution in [1.82, 2.24) is 19.6 Å². The van der Waals surface area contributed by atoms with Crippen molar-refractivity contribution >= 4 is 11.7 Å². The van der Waals surface area contributed by atoms with Crippen LogP contribution in [-0.2, 0) is 23.9 Å². The third kappa shape index (κ3) is 3.98. The predicted octanol–water partition coefficient (Wildman–Crippen LogP) is 2.64. The summed E-state index contributed by atoms with van der Waals surface area (Å²) in [6.45, 7) is 8.52. The molecule has 2 aromatic rings. The smallest absolute Gasteiger partial charge is 0.275 e. The standard InChI is InChI=1S/C20H31N5O3/c1-12-7-8-14(18(12)26)15-10-17(25(23-15)20(2,3)4)21-19(27)16-9-13(11-28-6)22-24(16)5/h9-10,12,14,18,26H,7-8,11H2,1-6H3,(H,21,27)/t12-,14-,18-/m0/s1. The number of hydrogen-bond donors (Lipinski definition) is 2. The van der Waals surface area contributed by atoms with E-state index in [4.69, 9.17) is 9.84 Å². The molecule has 0 saturated heterocycles. The van der Waals surface area contributed by atoms with Crippen LogP contribution in [0.2, 0.25) is 0 Å². The Hall–Kier alpha value is -2.19. The molecule has 0 bridgehead atoms. The van der Waals surface area contributed by atoms with Crippen LogP contribution in [-0.4, -0.2) is 43.8 Å². The van der Waals surface area contributed by atoms with Crippen LogP contribution in [0.4, 0.5) is 5.82 Å². The second kappa shape index (κ2) is 7.67. The molecule has 2 aromatic heterocycles. The molecule has 1 fully saturated rings. The van der Waals surface area contributed by atoms with Crippen molar-refractivity contribution in [3.8, 4) is 0 Å². The van der Waals surface area contributed by atoms with Crippen molar-refractivity contribution < 1.29 is 14.6 Å². The monoisotopic (exact) mass is 389 g/mol. The summed E-state index contributed by atoms with van der Waals surface area (Å²) >= 11 is 0. The van der Waals surface area contributed by atoms with Crippen LogP contribution in [0.1, 0.15) is 68.3 Å². The quantitative estimate of drug-likeness (QED) is 0.820. The van der Waals surface area contributed by atoms with Gasteiger partial charge in [-0.05, 0) is 45.6 Å². The number of ether oxygens (including phenoxy) is 1. The van der Waals surface area contributed by atoms with E-state index in [1.807, 2.05) is 31.5 Å². The zero-order valence-corrected chi connectivity index (χ0v) is 17.6. The lowest BCUT2D eigenvalue weighted by molar-refractivity contribution is 0.101. The van der Waals surface area contributed by atoms with E-state index in [0.29, 0.717) is 23.8 Å². The van der Waals surface area contributed by atoms with E-state index in [1.54, 1.807) is 24.9 Å². The zero-order chi connectivity index (χ0) is 20.6. The molecule has 0 aliphatic heterocycles. The van der Waals surface area contributed by atoms with Crippen molar-refractivity contribution in [2.45, 2.75) is 64.7 Å². The third-order valence-corrected chi connectivity index (χ3v) is 5.37. The molecule has 154 valence electrons. The van der Waals surface area contributed by atoms with E-state index in [1.165, 1.54) is 0 Å². The van der Waals surface area contributed by atoms with Crippen molar-refractivity contribution in [2.24, 2.45) is 13.0 Å². The van der Waals surface area contributed by atoms with Gasteiger partial charge in [0.2, 0.25) is 0 Å². The summed E-state index contributed by atoms with van der Waals surface area (Å²) in [5.74, 6) is 0.624. The number of nitrogens with zero attached hydrogens (tertiary/aromatic N) is 4. The normalized spacial score (nSPS) is 22.6. The molecule has 1 aliphatic rings. The Balaban J connectivity index is 1.89. The second-order valence-electron chi connectivity index (χ2n) is 8.72. The molecule has 0 unspecified atom stereocenters. The van der Waals surface area contributed by atoms with Gasteiger partial charge in [-0.3, -0.25) is 9.48 Å². The van der Waals surface area contributed by atoms with E-state index < -0.39 is 6.10 Å². The highest BCUT2D eigenvalue weighted by atomic mass is 16.5. The van der Waals surface area contributed by atoms with Gasteiger partial charge in [-0.15, -0.1) is 0 Å². The number of carbonyl (C=O) groups is 1. The molecular weight excluding hydrogens is 358 g/mol. The Morgan fingerprint density at radius 1 is 1.32 bits per heavy atom. The van der Waals surface area contributed by atoms with Crippen LogP contribution in [0.15, 0.2) is 12.1 Å². The van der Waals surface area contributed by atoms with Gasteiger partial charge in [-0.25, -0.2) is 4.68 Å². The van der Waals surface area contributed by atoms with E-state index in [2.05, 4.69) is 17.3 Å². The number of carbonyl (C=O) groups excluding carboxylic acids is 1. The van der Waals surface area contributed by atoms with Crippen molar-refractivity contribution in [3.05, 3.63) is 29.2 Å². The molecule has 0 radical (unpaired) electrons. The first-order valence-corrected chi connectivity index (χ1v) is 9.73. The van der Waals surface area contributed by atoms with E-state index in [0.717, 1.165) is 18.5 Å². The molecule has 8 heteroatoms. The minimum atomic E-state index is -0.402. The van der Waals surface area contributed by atoms with Crippen LogP contribution in [0.25, 0.3) is 0 Å². The zero-order valence-electron chi connectivity index (χ0n) is 17.6. The molecule has 0 aromatic carbocycles. The summed E-state index contributed by atoms with van der Waals surface area (Å²) in [4.78, 5) is 12.9. The first kappa shape index (κ1) is 20.5. The highest BCUT2D eigenvalue weighted by Crippen LogP contribution is 2.39. The maximum atomic E-state index is 12.9. The molecule has 2 N–H and O–H groups in total. The molecule has 28 heavy (non-hydrogen) atoms.